The average Bonchev–Trinajstić information content (AvgIpc) is 0.971. The molecule has 564 valence electrons. The summed E-state index contributed by atoms with van der Waals surface area (Å²) in [6.45, 7) is 4.55. The van der Waals surface area contributed by atoms with Crippen LogP contribution in [0.3, 0.4) is 0 Å². The number of unbranched alkanes of at least 4 members (excludes halogenated alkanes) is 27. The van der Waals surface area contributed by atoms with Crippen molar-refractivity contribution in [3.63, 3.8) is 0 Å². The van der Waals surface area contributed by atoms with E-state index in [4.69, 9.17) is 37.0 Å². The second-order valence-electron chi connectivity index (χ2n) is 25.2. The predicted molar refractivity (Wildman–Crippen MR) is 399 cm³/mol. The maximum atomic E-state index is 13.1. The molecular weight excluding hydrogens is 1280 g/mol. The van der Waals surface area contributed by atoms with Crippen molar-refractivity contribution in [2.45, 2.75) is 329 Å². The van der Waals surface area contributed by atoms with Gasteiger partial charge in [-0.15, -0.1) is 0 Å². The number of aliphatic hydroxyl groups is 1. The minimum absolute atomic E-state index is 0.0748. The topological polar surface area (TPSA) is 237 Å². The number of hydrogen-bond donors (Lipinski definition) is 3. The van der Waals surface area contributed by atoms with Gasteiger partial charge < -0.3 is 33.8 Å². The Kier molecular flexibility index (Phi) is 68.0. The van der Waals surface area contributed by atoms with Crippen LogP contribution in [0.25, 0.3) is 0 Å². The van der Waals surface area contributed by atoms with Crippen LogP contribution in [0, 0.1) is 0 Å². The number of ether oxygens (including phenoxy) is 4. The van der Waals surface area contributed by atoms with Gasteiger partial charge in [-0.1, -0.05) is 246 Å². The number of carbonyl (C=O) groups excluding carboxylic acids is 4. The van der Waals surface area contributed by atoms with Crippen LogP contribution < -0.4 is 0 Å². The van der Waals surface area contributed by atoms with Gasteiger partial charge in [-0.05, 0) is 148 Å². The van der Waals surface area contributed by atoms with Gasteiger partial charge in [0.1, 0.15) is 19.3 Å². The fourth-order valence-corrected chi connectivity index (χ4v) is 11.5. The third-order valence-electron chi connectivity index (χ3n) is 15.7. The van der Waals surface area contributed by atoms with Crippen molar-refractivity contribution in [2.24, 2.45) is 0 Å². The summed E-state index contributed by atoms with van der Waals surface area (Å²) in [6.07, 6.45) is 75.1. The smallest absolute Gasteiger partial charge is 0.462 e. The van der Waals surface area contributed by atoms with Gasteiger partial charge >= 0.3 is 39.5 Å². The van der Waals surface area contributed by atoms with Crippen molar-refractivity contribution in [3.8, 4) is 0 Å². The second kappa shape index (κ2) is 71.1. The van der Waals surface area contributed by atoms with Gasteiger partial charge in [0.15, 0.2) is 12.2 Å². The van der Waals surface area contributed by atoms with E-state index >= 15 is 0 Å². The average molecular weight is 1420 g/mol. The summed E-state index contributed by atoms with van der Waals surface area (Å²) < 4.78 is 68.4. The van der Waals surface area contributed by atoms with Gasteiger partial charge in [-0.25, -0.2) is 9.13 Å². The first kappa shape index (κ1) is 93.7. The van der Waals surface area contributed by atoms with Crippen molar-refractivity contribution in [1.82, 2.24) is 0 Å². The lowest BCUT2D eigenvalue weighted by molar-refractivity contribution is -0.161. The molecule has 98 heavy (non-hydrogen) atoms. The van der Waals surface area contributed by atoms with E-state index in [0.29, 0.717) is 25.7 Å². The maximum Gasteiger partial charge on any atom is 0.472 e. The first-order valence-electron chi connectivity index (χ1n) is 38.1. The Balaban J connectivity index is 5.37. The van der Waals surface area contributed by atoms with E-state index in [0.717, 1.165) is 180 Å². The lowest BCUT2D eigenvalue weighted by atomic mass is 10.1. The Labute approximate surface area is 594 Å². The van der Waals surface area contributed by atoms with Gasteiger partial charge in [0.25, 0.3) is 0 Å². The van der Waals surface area contributed by atoms with E-state index < -0.39 is 97.5 Å². The SMILES string of the molecule is CC/C=C\C/C=C\C/C=C\C/C=C\CCCCC(=O)OCC(COP(=O)(O)OCC(O)COP(=O)(O)OCC(COC(=O)CCCCCCCCC/C=C\C/C=C\C/C=C\CC)OC(=O)CCCCCCC/C=C\CCCCCC)OC(=O)CCCCCCC/C=C\CCCCCC. The number of rotatable bonds is 71. The Morgan fingerprint density at radius 1 is 0.296 bits per heavy atom. The molecule has 0 aromatic rings. The summed E-state index contributed by atoms with van der Waals surface area (Å²) >= 11 is 0. The summed E-state index contributed by atoms with van der Waals surface area (Å²) in [5.74, 6) is -2.25. The molecule has 0 amide bonds. The molecule has 0 spiro atoms. The zero-order valence-electron chi connectivity index (χ0n) is 61.4. The number of hydrogen-bond acceptors (Lipinski definition) is 15. The third kappa shape index (κ3) is 70.2. The van der Waals surface area contributed by atoms with Crippen LogP contribution in [0.5, 0.6) is 0 Å². The van der Waals surface area contributed by atoms with Crippen molar-refractivity contribution >= 4 is 39.5 Å². The Morgan fingerprint density at radius 2 is 0.531 bits per heavy atom. The minimum Gasteiger partial charge on any atom is -0.462 e. The van der Waals surface area contributed by atoms with Gasteiger partial charge in [0.2, 0.25) is 0 Å². The molecule has 0 aromatic heterocycles. The van der Waals surface area contributed by atoms with Crippen molar-refractivity contribution < 1.29 is 80.2 Å². The predicted octanol–water partition coefficient (Wildman–Crippen LogP) is 21.8. The quantitative estimate of drug-likeness (QED) is 0.0169. The van der Waals surface area contributed by atoms with Crippen LogP contribution >= 0.6 is 15.6 Å². The number of aliphatic hydroxyl groups excluding tert-OH is 1. The molecule has 0 fully saturated rings. The summed E-state index contributed by atoms with van der Waals surface area (Å²) in [5.41, 5.74) is 0. The second-order valence-corrected chi connectivity index (χ2v) is 28.1. The van der Waals surface area contributed by atoms with Crippen LogP contribution in [0.15, 0.2) is 109 Å². The van der Waals surface area contributed by atoms with Gasteiger partial charge in [-0.2, -0.15) is 0 Å². The highest BCUT2D eigenvalue weighted by Gasteiger charge is 2.30. The van der Waals surface area contributed by atoms with E-state index in [1.165, 1.54) is 51.4 Å². The first-order chi connectivity index (χ1) is 47.7. The highest BCUT2D eigenvalue weighted by molar-refractivity contribution is 7.47. The fraction of sp³-hybridized carbons (Fsp3) is 0.722. The molecule has 3 N–H and O–H groups in total. The van der Waals surface area contributed by atoms with E-state index in [-0.39, 0.29) is 25.7 Å². The van der Waals surface area contributed by atoms with Gasteiger partial charge in [0, 0.05) is 25.7 Å². The molecule has 0 aliphatic rings. The summed E-state index contributed by atoms with van der Waals surface area (Å²) in [7, 11) is -9.96. The van der Waals surface area contributed by atoms with Gasteiger partial charge in [0.05, 0.1) is 26.4 Å². The number of phosphoric ester groups is 2. The zero-order chi connectivity index (χ0) is 71.8. The molecular formula is C79H136O17P2. The molecule has 0 bridgehead atoms. The van der Waals surface area contributed by atoms with E-state index in [1.54, 1.807) is 0 Å². The van der Waals surface area contributed by atoms with Crippen molar-refractivity contribution in [1.29, 1.82) is 0 Å². The van der Waals surface area contributed by atoms with Gasteiger partial charge in [-0.3, -0.25) is 37.3 Å². The Bertz CT molecular complexity index is 2290. The molecule has 0 rings (SSSR count). The minimum atomic E-state index is -4.98. The lowest BCUT2D eigenvalue weighted by Crippen LogP contribution is -2.30. The highest BCUT2D eigenvalue weighted by Crippen LogP contribution is 2.45. The molecule has 0 radical (unpaired) electrons. The monoisotopic (exact) mass is 1420 g/mol. The third-order valence-corrected chi connectivity index (χ3v) is 17.6. The number of allylic oxidation sites excluding steroid dienone is 18. The molecule has 0 aromatic carbocycles. The molecule has 5 unspecified atom stereocenters. The Morgan fingerprint density at radius 3 is 0.847 bits per heavy atom. The number of phosphoric acid groups is 2. The normalized spacial score (nSPS) is 14.6. The molecule has 0 aliphatic carbocycles. The zero-order valence-corrected chi connectivity index (χ0v) is 63.2. The van der Waals surface area contributed by atoms with Crippen molar-refractivity contribution in [2.75, 3.05) is 39.6 Å². The molecule has 17 nitrogen and oxygen atoms in total. The number of esters is 4. The van der Waals surface area contributed by atoms with E-state index in [1.807, 2.05) is 0 Å². The van der Waals surface area contributed by atoms with E-state index in [9.17, 15) is 43.2 Å². The standard InChI is InChI=1S/C79H136O17P2/c1-5-9-13-17-21-25-29-33-35-36-38-42-44-48-52-56-60-64-77(82)90-70-75(96-79(84)66-62-58-54-50-46-40-32-28-24-20-16-12-8-4)72-94-98(87,88)92-68-73(80)67-91-97(85,86)93-71-74(95-78(83)65-61-57-53-49-45-39-31-27-23-19-15-11-7-3)69-89-76(81)63-59-55-51-47-43-41-37-34-30-26-22-18-14-10-6-2/h9-10,13-14,21-22,25-28,31-35,37,43,47,73-75,80H,5-8,11-12,15-20,23-24,29-30,36,38-42,44-46,48-72H2,1-4H3,(H,85,86)(H,87,88)/b13-9-,14-10-,25-21-,26-22-,31-27-,32-28-,35-33-,37-34-,47-43-. The summed E-state index contributed by atoms with van der Waals surface area (Å²) in [5, 5.41) is 10.6. The molecule has 0 saturated carbocycles. The molecule has 0 saturated heterocycles. The molecule has 5 atom stereocenters. The van der Waals surface area contributed by atoms with Crippen LogP contribution in [-0.2, 0) is 65.4 Å². The lowest BCUT2D eigenvalue weighted by Gasteiger charge is -2.21. The molecule has 0 aliphatic heterocycles. The summed E-state index contributed by atoms with van der Waals surface area (Å²) in [4.78, 5) is 72.8. The summed E-state index contributed by atoms with van der Waals surface area (Å²) in [6, 6.07) is 0. The molecule has 0 heterocycles. The molecule has 19 heteroatoms. The van der Waals surface area contributed by atoms with Crippen LogP contribution in [0.2, 0.25) is 0 Å². The van der Waals surface area contributed by atoms with Crippen LogP contribution in [-0.4, -0.2) is 96.7 Å². The maximum absolute atomic E-state index is 13.1. The Hall–Kier alpha value is -4.28. The number of carbonyl (C=O) groups is 4. The van der Waals surface area contributed by atoms with E-state index in [2.05, 4.69) is 137 Å². The first-order valence-corrected chi connectivity index (χ1v) is 41.1. The van der Waals surface area contributed by atoms with Crippen LogP contribution in [0.4, 0.5) is 0 Å². The fourth-order valence-electron chi connectivity index (χ4n) is 9.92. The van der Waals surface area contributed by atoms with Crippen LogP contribution in [0.1, 0.15) is 310 Å². The largest absolute Gasteiger partial charge is 0.472 e. The van der Waals surface area contributed by atoms with Crippen molar-refractivity contribution in [3.05, 3.63) is 109 Å². The highest BCUT2D eigenvalue weighted by atomic mass is 31.2.